The van der Waals surface area contributed by atoms with Crippen LogP contribution in [0.5, 0.6) is 0 Å². The number of carbonyl (C=O) groups is 1. The lowest BCUT2D eigenvalue weighted by Gasteiger charge is -2.34. The number of rotatable bonds is 5. The summed E-state index contributed by atoms with van der Waals surface area (Å²) >= 11 is 0. The molecule has 1 aromatic rings. The molecule has 2 rings (SSSR count). The van der Waals surface area contributed by atoms with Gasteiger partial charge in [-0.05, 0) is 49.9 Å². The van der Waals surface area contributed by atoms with Crippen molar-refractivity contribution in [1.29, 1.82) is 0 Å². The van der Waals surface area contributed by atoms with Crippen LogP contribution in [0, 0.1) is 12.8 Å². The fraction of sp³-hybridized carbons (Fsp3) is 0.600. The minimum atomic E-state index is -0.0947. The molecular formula is C20H32N4O2. The first-order valence-corrected chi connectivity index (χ1v) is 9.35. The van der Waals surface area contributed by atoms with Gasteiger partial charge < -0.3 is 19.9 Å². The molecule has 6 heteroatoms. The largest absolute Gasteiger partial charge is 0.466 e. The van der Waals surface area contributed by atoms with Crippen LogP contribution in [0.3, 0.4) is 0 Å². The molecule has 1 fully saturated rings. The maximum absolute atomic E-state index is 12.1. The van der Waals surface area contributed by atoms with Crippen molar-refractivity contribution in [2.75, 3.05) is 45.7 Å². The zero-order chi connectivity index (χ0) is 19.1. The first-order valence-electron chi connectivity index (χ1n) is 9.35. The molecule has 0 unspecified atom stereocenters. The van der Waals surface area contributed by atoms with Crippen LogP contribution in [-0.4, -0.2) is 57.7 Å². The zero-order valence-electron chi connectivity index (χ0n) is 16.7. The summed E-state index contributed by atoms with van der Waals surface area (Å²) in [6.45, 7) is 6.70. The Morgan fingerprint density at radius 2 is 2.19 bits per heavy atom. The molecule has 26 heavy (non-hydrogen) atoms. The molecule has 1 atom stereocenters. The molecule has 0 aliphatic carbocycles. The van der Waals surface area contributed by atoms with Crippen molar-refractivity contribution in [3.8, 4) is 0 Å². The molecule has 1 aromatic carbocycles. The summed E-state index contributed by atoms with van der Waals surface area (Å²) in [5.74, 6) is 0.682. The van der Waals surface area contributed by atoms with Crippen molar-refractivity contribution < 1.29 is 9.53 Å². The maximum Gasteiger partial charge on any atom is 0.310 e. The molecular weight excluding hydrogens is 328 g/mol. The van der Waals surface area contributed by atoms with Crippen molar-refractivity contribution in [3.63, 3.8) is 0 Å². The van der Waals surface area contributed by atoms with Crippen molar-refractivity contribution >= 4 is 17.6 Å². The normalized spacial score (nSPS) is 17.8. The van der Waals surface area contributed by atoms with Gasteiger partial charge in [0.15, 0.2) is 5.96 Å². The van der Waals surface area contributed by atoms with E-state index in [0.717, 1.165) is 25.3 Å². The van der Waals surface area contributed by atoms with Crippen molar-refractivity contribution in [3.05, 3.63) is 29.3 Å². The third kappa shape index (κ3) is 5.13. The average Bonchev–Trinajstić information content (AvgIpc) is 2.63. The first kappa shape index (κ1) is 20.1. The second kappa shape index (κ2) is 9.46. The van der Waals surface area contributed by atoms with E-state index in [9.17, 15) is 4.79 Å². The van der Waals surface area contributed by atoms with Crippen LogP contribution >= 0.6 is 0 Å². The lowest BCUT2D eigenvalue weighted by Crippen LogP contribution is -2.48. The maximum atomic E-state index is 12.1. The monoisotopic (exact) mass is 360 g/mol. The van der Waals surface area contributed by atoms with Gasteiger partial charge in [-0.2, -0.15) is 0 Å². The van der Waals surface area contributed by atoms with Gasteiger partial charge in [0.05, 0.1) is 12.5 Å². The smallest absolute Gasteiger partial charge is 0.310 e. The number of benzene rings is 1. The van der Waals surface area contributed by atoms with E-state index in [4.69, 9.17) is 4.74 Å². The number of ether oxygens (including phenoxy) is 1. The second-order valence-electron chi connectivity index (χ2n) is 6.94. The van der Waals surface area contributed by atoms with Gasteiger partial charge in [0.25, 0.3) is 0 Å². The SMILES string of the molecule is CCOC(=O)[C@H]1CCCN(C(=NC)NCc2ccc(N(C)C)cc2C)C1. The highest BCUT2D eigenvalue weighted by atomic mass is 16.5. The Kier molecular flexibility index (Phi) is 7.30. The molecule has 144 valence electrons. The Labute approximate surface area is 157 Å². The van der Waals surface area contributed by atoms with E-state index in [2.05, 4.69) is 45.2 Å². The van der Waals surface area contributed by atoms with Gasteiger partial charge in [-0.3, -0.25) is 9.79 Å². The number of anilines is 1. The number of carbonyl (C=O) groups excluding carboxylic acids is 1. The number of aliphatic imine (C=N–C) groups is 1. The van der Waals surface area contributed by atoms with Crippen molar-refractivity contribution in [2.24, 2.45) is 10.9 Å². The van der Waals surface area contributed by atoms with E-state index in [1.54, 1.807) is 7.05 Å². The van der Waals surface area contributed by atoms with E-state index in [-0.39, 0.29) is 11.9 Å². The first-order chi connectivity index (χ1) is 12.5. The number of nitrogens with one attached hydrogen (secondary N) is 1. The van der Waals surface area contributed by atoms with E-state index < -0.39 is 0 Å². The van der Waals surface area contributed by atoms with Gasteiger partial charge >= 0.3 is 5.97 Å². The van der Waals surface area contributed by atoms with Crippen LogP contribution in [-0.2, 0) is 16.1 Å². The number of hydrogen-bond acceptors (Lipinski definition) is 4. The number of likely N-dealkylation sites (tertiary alicyclic amines) is 1. The summed E-state index contributed by atoms with van der Waals surface area (Å²) in [4.78, 5) is 20.7. The molecule has 0 radical (unpaired) electrons. The molecule has 1 heterocycles. The number of aryl methyl sites for hydroxylation is 1. The average molecular weight is 361 g/mol. The van der Waals surface area contributed by atoms with Gasteiger partial charge in [0.2, 0.25) is 0 Å². The summed E-state index contributed by atoms with van der Waals surface area (Å²) in [5, 5.41) is 3.45. The number of hydrogen-bond donors (Lipinski definition) is 1. The second-order valence-corrected chi connectivity index (χ2v) is 6.94. The van der Waals surface area contributed by atoms with Crippen LogP contribution in [0.15, 0.2) is 23.2 Å². The van der Waals surface area contributed by atoms with Crippen LogP contribution in [0.1, 0.15) is 30.9 Å². The summed E-state index contributed by atoms with van der Waals surface area (Å²) in [6, 6.07) is 6.48. The standard InChI is InChI=1S/C20H32N4O2/c1-6-26-19(25)17-8-7-11-24(14-17)20(21-3)22-13-16-9-10-18(23(4)5)12-15(16)2/h9-10,12,17H,6-8,11,13-14H2,1-5H3,(H,21,22)/t17-/m0/s1. The Morgan fingerprint density at radius 3 is 2.81 bits per heavy atom. The highest BCUT2D eigenvalue weighted by molar-refractivity contribution is 5.81. The van der Waals surface area contributed by atoms with Gasteiger partial charge in [0, 0.05) is 46.5 Å². The van der Waals surface area contributed by atoms with Gasteiger partial charge in [-0.1, -0.05) is 6.07 Å². The third-order valence-electron chi connectivity index (χ3n) is 4.83. The molecule has 1 aliphatic rings. The molecule has 1 aliphatic heterocycles. The predicted octanol–water partition coefficient (Wildman–Crippen LogP) is 2.41. The molecule has 0 spiro atoms. The Morgan fingerprint density at radius 1 is 1.42 bits per heavy atom. The summed E-state index contributed by atoms with van der Waals surface area (Å²) in [6.07, 6.45) is 1.86. The lowest BCUT2D eigenvalue weighted by molar-refractivity contribution is -0.149. The van der Waals surface area contributed by atoms with Crippen molar-refractivity contribution in [2.45, 2.75) is 33.2 Å². The zero-order valence-corrected chi connectivity index (χ0v) is 16.7. The molecule has 1 N–H and O–H groups in total. The molecule has 0 bridgehead atoms. The quantitative estimate of drug-likeness (QED) is 0.496. The van der Waals surface area contributed by atoms with E-state index in [0.29, 0.717) is 19.7 Å². The van der Waals surface area contributed by atoms with Crippen molar-refractivity contribution in [1.82, 2.24) is 10.2 Å². The van der Waals surface area contributed by atoms with Crippen LogP contribution < -0.4 is 10.2 Å². The molecule has 1 saturated heterocycles. The number of nitrogens with zero attached hydrogens (tertiary/aromatic N) is 3. The summed E-state index contributed by atoms with van der Waals surface area (Å²) in [5.41, 5.74) is 3.70. The number of esters is 1. The topological polar surface area (TPSA) is 57.2 Å². The van der Waals surface area contributed by atoms with E-state index in [1.807, 2.05) is 21.0 Å². The fourth-order valence-corrected chi connectivity index (χ4v) is 3.29. The van der Waals surface area contributed by atoms with E-state index >= 15 is 0 Å². The number of guanidine groups is 1. The highest BCUT2D eigenvalue weighted by Gasteiger charge is 2.28. The molecule has 0 saturated carbocycles. The summed E-state index contributed by atoms with van der Waals surface area (Å²) in [7, 11) is 5.88. The predicted molar refractivity (Wildman–Crippen MR) is 107 cm³/mol. The Hall–Kier alpha value is -2.24. The van der Waals surface area contributed by atoms with Crippen LogP contribution in [0.2, 0.25) is 0 Å². The Bertz CT molecular complexity index is 643. The lowest BCUT2D eigenvalue weighted by atomic mass is 9.98. The Balaban J connectivity index is 1.98. The van der Waals surface area contributed by atoms with E-state index in [1.165, 1.54) is 16.8 Å². The molecule has 0 aromatic heterocycles. The van der Waals surface area contributed by atoms with Crippen LogP contribution in [0.25, 0.3) is 0 Å². The van der Waals surface area contributed by atoms with Gasteiger partial charge in [-0.25, -0.2) is 0 Å². The molecule has 0 amide bonds. The minimum Gasteiger partial charge on any atom is -0.466 e. The minimum absolute atomic E-state index is 0.0663. The molecule has 6 nitrogen and oxygen atoms in total. The van der Waals surface area contributed by atoms with Crippen LogP contribution in [0.4, 0.5) is 5.69 Å². The van der Waals surface area contributed by atoms with Gasteiger partial charge in [-0.15, -0.1) is 0 Å². The van der Waals surface area contributed by atoms with Gasteiger partial charge in [0.1, 0.15) is 0 Å². The summed E-state index contributed by atoms with van der Waals surface area (Å²) < 4.78 is 5.19. The highest BCUT2D eigenvalue weighted by Crippen LogP contribution is 2.19. The number of piperidine rings is 1. The fourth-order valence-electron chi connectivity index (χ4n) is 3.29. The third-order valence-corrected chi connectivity index (χ3v) is 4.83.